The van der Waals surface area contributed by atoms with Crippen LogP contribution in [0.1, 0.15) is 41.0 Å². The van der Waals surface area contributed by atoms with Crippen LogP contribution < -0.4 is 10.9 Å². The number of hydrogen-bond acceptors (Lipinski definition) is 4. The Morgan fingerprint density at radius 3 is 2.59 bits per heavy atom. The summed E-state index contributed by atoms with van der Waals surface area (Å²) in [5, 5.41) is 0. The van der Waals surface area contributed by atoms with Gasteiger partial charge >= 0.3 is 6.09 Å². The zero-order valence-corrected chi connectivity index (χ0v) is 12.2. The van der Waals surface area contributed by atoms with Gasteiger partial charge in [0, 0.05) is 11.8 Å². The Kier molecular flexibility index (Phi) is 4.72. The van der Waals surface area contributed by atoms with Crippen LogP contribution in [0.2, 0.25) is 0 Å². The second-order valence-electron chi connectivity index (χ2n) is 6.14. The van der Waals surface area contributed by atoms with Crippen molar-refractivity contribution >= 4 is 17.9 Å². The quantitative estimate of drug-likeness (QED) is 0.749. The highest BCUT2D eigenvalue weighted by atomic mass is 32.2. The normalized spacial score (nSPS) is 24.2. The smallest absolute Gasteiger partial charge is 0.422 e. The van der Waals surface area contributed by atoms with Crippen LogP contribution in [-0.2, 0) is 4.74 Å². The van der Waals surface area contributed by atoms with Gasteiger partial charge in [0.2, 0.25) is 0 Å². The minimum atomic E-state index is -0.456. The molecule has 100 valence electrons. The zero-order chi connectivity index (χ0) is 13.1. The predicted octanol–water partition coefficient (Wildman–Crippen LogP) is 2.55. The van der Waals surface area contributed by atoms with Crippen LogP contribution in [0, 0.1) is 5.41 Å². The highest BCUT2D eigenvalue weighted by molar-refractivity contribution is 7.99. The van der Waals surface area contributed by atoms with Crippen LogP contribution >= 0.6 is 11.8 Å². The molecule has 1 saturated heterocycles. The molecule has 1 aliphatic heterocycles. The SMILES string of the molecule is CC(C)(C)OC(=O)NNC1CSCCC1(C)C. The van der Waals surface area contributed by atoms with Crippen molar-refractivity contribution in [2.45, 2.75) is 52.7 Å². The van der Waals surface area contributed by atoms with Gasteiger partial charge in [-0.2, -0.15) is 11.8 Å². The van der Waals surface area contributed by atoms with Crippen LogP contribution in [0.3, 0.4) is 0 Å². The molecular weight excluding hydrogens is 236 g/mol. The molecule has 0 aromatic rings. The molecule has 1 atom stereocenters. The third-order valence-corrected chi connectivity index (χ3v) is 3.93. The summed E-state index contributed by atoms with van der Waals surface area (Å²) in [6.07, 6.45) is 0.745. The summed E-state index contributed by atoms with van der Waals surface area (Å²) in [6, 6.07) is 0.286. The van der Waals surface area contributed by atoms with E-state index in [0.29, 0.717) is 0 Å². The molecule has 0 aliphatic carbocycles. The molecule has 0 spiro atoms. The highest BCUT2D eigenvalue weighted by Gasteiger charge is 2.33. The maximum Gasteiger partial charge on any atom is 0.422 e. The Labute approximate surface area is 108 Å². The Bertz CT molecular complexity index is 274. The first kappa shape index (κ1) is 14.6. The van der Waals surface area contributed by atoms with Gasteiger partial charge in [0.25, 0.3) is 0 Å². The van der Waals surface area contributed by atoms with Crippen molar-refractivity contribution in [1.29, 1.82) is 0 Å². The van der Waals surface area contributed by atoms with Crippen LogP contribution in [0.15, 0.2) is 0 Å². The minimum absolute atomic E-state index is 0.209. The summed E-state index contributed by atoms with van der Waals surface area (Å²) in [7, 11) is 0. The number of hydrazine groups is 1. The second-order valence-corrected chi connectivity index (χ2v) is 7.29. The molecule has 0 bridgehead atoms. The van der Waals surface area contributed by atoms with Gasteiger partial charge in [-0.3, -0.25) is 5.43 Å². The van der Waals surface area contributed by atoms with E-state index in [4.69, 9.17) is 4.74 Å². The third kappa shape index (κ3) is 5.17. The lowest BCUT2D eigenvalue weighted by Crippen LogP contribution is -2.54. The van der Waals surface area contributed by atoms with E-state index in [0.717, 1.165) is 12.2 Å². The molecule has 1 rings (SSSR count). The standard InChI is InChI=1S/C12H24N2O2S/c1-11(2,3)16-10(15)14-13-9-8-17-7-6-12(9,4)5/h9,13H,6-8H2,1-5H3,(H,14,15). The van der Waals surface area contributed by atoms with Gasteiger partial charge in [0.1, 0.15) is 5.60 Å². The predicted molar refractivity (Wildman–Crippen MR) is 72.0 cm³/mol. The van der Waals surface area contributed by atoms with Crippen molar-refractivity contribution in [3.8, 4) is 0 Å². The summed E-state index contributed by atoms with van der Waals surface area (Å²) in [5.41, 5.74) is 5.48. The Balaban J connectivity index is 2.37. The molecule has 1 fully saturated rings. The molecule has 17 heavy (non-hydrogen) atoms. The molecule has 0 saturated carbocycles. The van der Waals surface area contributed by atoms with Crippen molar-refractivity contribution < 1.29 is 9.53 Å². The molecule has 1 heterocycles. The van der Waals surface area contributed by atoms with Crippen molar-refractivity contribution in [3.63, 3.8) is 0 Å². The Morgan fingerprint density at radius 1 is 1.41 bits per heavy atom. The topological polar surface area (TPSA) is 50.4 Å². The average Bonchev–Trinajstić information content (AvgIpc) is 2.12. The third-order valence-electron chi connectivity index (χ3n) is 2.87. The molecule has 1 unspecified atom stereocenters. The van der Waals surface area contributed by atoms with Crippen molar-refractivity contribution in [2.24, 2.45) is 5.41 Å². The number of carbonyl (C=O) groups is 1. The molecule has 1 amide bonds. The summed E-state index contributed by atoms with van der Waals surface area (Å²) < 4.78 is 5.18. The van der Waals surface area contributed by atoms with Gasteiger partial charge in [0.15, 0.2) is 0 Å². The first-order chi connectivity index (χ1) is 7.71. The number of nitrogens with one attached hydrogen (secondary N) is 2. The minimum Gasteiger partial charge on any atom is -0.443 e. The largest absolute Gasteiger partial charge is 0.443 e. The van der Waals surface area contributed by atoms with Gasteiger partial charge < -0.3 is 4.74 Å². The lowest BCUT2D eigenvalue weighted by molar-refractivity contribution is 0.0470. The van der Waals surface area contributed by atoms with E-state index in [2.05, 4.69) is 24.7 Å². The van der Waals surface area contributed by atoms with Crippen LogP contribution in [0.5, 0.6) is 0 Å². The lowest BCUT2D eigenvalue weighted by atomic mass is 9.83. The van der Waals surface area contributed by atoms with E-state index in [1.54, 1.807) is 0 Å². The summed E-state index contributed by atoms with van der Waals surface area (Å²) >= 11 is 1.92. The van der Waals surface area contributed by atoms with E-state index >= 15 is 0 Å². The molecule has 1 aliphatic rings. The van der Waals surface area contributed by atoms with Gasteiger partial charge in [0.05, 0.1) is 0 Å². The zero-order valence-electron chi connectivity index (χ0n) is 11.4. The van der Waals surface area contributed by atoms with E-state index in [9.17, 15) is 4.79 Å². The van der Waals surface area contributed by atoms with E-state index in [1.165, 1.54) is 5.75 Å². The first-order valence-electron chi connectivity index (χ1n) is 6.03. The summed E-state index contributed by atoms with van der Waals surface area (Å²) in [6.45, 7) is 10.0. The number of carbonyl (C=O) groups excluding carboxylic acids is 1. The molecule has 0 aromatic carbocycles. The summed E-state index contributed by atoms with van der Waals surface area (Å²) in [5.74, 6) is 2.21. The first-order valence-corrected chi connectivity index (χ1v) is 7.18. The van der Waals surface area contributed by atoms with Gasteiger partial charge in [-0.1, -0.05) is 13.8 Å². The van der Waals surface area contributed by atoms with Gasteiger partial charge in [-0.05, 0) is 38.4 Å². The number of amides is 1. The molecular formula is C12H24N2O2S. The second kappa shape index (κ2) is 5.48. The fourth-order valence-electron chi connectivity index (χ4n) is 1.62. The van der Waals surface area contributed by atoms with Crippen molar-refractivity contribution in [1.82, 2.24) is 10.9 Å². The maximum atomic E-state index is 11.5. The van der Waals surface area contributed by atoms with E-state index in [1.807, 2.05) is 32.5 Å². The molecule has 0 radical (unpaired) electrons. The molecule has 0 aromatic heterocycles. The Morgan fingerprint density at radius 2 is 2.06 bits per heavy atom. The fraction of sp³-hybridized carbons (Fsp3) is 0.917. The van der Waals surface area contributed by atoms with Crippen LogP contribution in [0.25, 0.3) is 0 Å². The number of ether oxygens (including phenoxy) is 1. The van der Waals surface area contributed by atoms with Gasteiger partial charge in [-0.25, -0.2) is 10.2 Å². The average molecular weight is 260 g/mol. The molecule has 2 N–H and O–H groups in total. The summed E-state index contributed by atoms with van der Waals surface area (Å²) in [4.78, 5) is 11.5. The van der Waals surface area contributed by atoms with E-state index in [-0.39, 0.29) is 11.5 Å². The molecule has 4 nitrogen and oxygen atoms in total. The van der Waals surface area contributed by atoms with Gasteiger partial charge in [-0.15, -0.1) is 0 Å². The maximum absolute atomic E-state index is 11.5. The fourth-order valence-corrected chi connectivity index (χ4v) is 3.23. The van der Waals surface area contributed by atoms with Crippen LogP contribution in [-0.4, -0.2) is 29.2 Å². The van der Waals surface area contributed by atoms with Crippen molar-refractivity contribution in [3.05, 3.63) is 0 Å². The highest BCUT2D eigenvalue weighted by Crippen LogP contribution is 2.33. The Hall–Kier alpha value is -0.420. The molecule has 5 heteroatoms. The number of thioether (sulfide) groups is 1. The number of hydrogen-bond donors (Lipinski definition) is 2. The van der Waals surface area contributed by atoms with E-state index < -0.39 is 11.7 Å². The van der Waals surface area contributed by atoms with Crippen LogP contribution in [0.4, 0.5) is 4.79 Å². The monoisotopic (exact) mass is 260 g/mol. The number of rotatable bonds is 2. The lowest BCUT2D eigenvalue weighted by Gasteiger charge is -2.38. The van der Waals surface area contributed by atoms with Crippen molar-refractivity contribution in [2.75, 3.05) is 11.5 Å².